The Labute approximate surface area is 105 Å². The van der Waals surface area contributed by atoms with Gasteiger partial charge in [0.2, 0.25) is 0 Å². The van der Waals surface area contributed by atoms with Crippen molar-refractivity contribution in [3.63, 3.8) is 0 Å². The maximum Gasteiger partial charge on any atom is 0.122 e. The monoisotopic (exact) mass is 245 g/mol. The fourth-order valence-electron chi connectivity index (χ4n) is 2.16. The molecule has 3 heteroatoms. The molecule has 0 spiro atoms. The Morgan fingerprint density at radius 1 is 1.24 bits per heavy atom. The molecule has 2 aromatic rings. The second-order valence-corrected chi connectivity index (χ2v) is 5.41. The van der Waals surface area contributed by atoms with E-state index in [0.29, 0.717) is 6.54 Å². The van der Waals surface area contributed by atoms with E-state index in [-0.39, 0.29) is 0 Å². The first-order valence-electron chi connectivity index (χ1n) is 5.92. The van der Waals surface area contributed by atoms with Crippen LogP contribution < -0.4 is 10.5 Å². The Morgan fingerprint density at radius 2 is 2.18 bits per heavy atom. The Bertz CT molecular complexity index is 533. The summed E-state index contributed by atoms with van der Waals surface area (Å²) in [5.41, 5.74) is 8.25. The summed E-state index contributed by atoms with van der Waals surface area (Å²) in [6.07, 6.45) is 2.24. The third kappa shape index (κ3) is 2.08. The number of benzene rings is 1. The first-order valence-corrected chi connectivity index (χ1v) is 6.73. The molecule has 0 unspecified atom stereocenters. The highest BCUT2D eigenvalue weighted by Gasteiger charge is 2.11. The molecule has 1 aromatic carbocycles. The number of hydrogen-bond acceptors (Lipinski definition) is 3. The largest absolute Gasteiger partial charge is 0.493 e. The van der Waals surface area contributed by atoms with Gasteiger partial charge in [-0.3, -0.25) is 0 Å². The van der Waals surface area contributed by atoms with E-state index in [4.69, 9.17) is 10.5 Å². The van der Waals surface area contributed by atoms with Crippen LogP contribution in [0, 0.1) is 0 Å². The van der Waals surface area contributed by atoms with E-state index < -0.39 is 0 Å². The van der Waals surface area contributed by atoms with E-state index in [9.17, 15) is 0 Å². The van der Waals surface area contributed by atoms with Crippen LogP contribution in [0.4, 0.5) is 0 Å². The molecule has 0 bridgehead atoms. The van der Waals surface area contributed by atoms with Gasteiger partial charge in [-0.1, -0.05) is 0 Å². The van der Waals surface area contributed by atoms with Crippen LogP contribution in [0.3, 0.4) is 0 Å². The summed E-state index contributed by atoms with van der Waals surface area (Å²) in [6.45, 7) is 1.47. The molecule has 0 fully saturated rings. The Kier molecular flexibility index (Phi) is 2.87. The quantitative estimate of drug-likeness (QED) is 0.881. The number of nitrogens with two attached hydrogens (primary N) is 1. The van der Waals surface area contributed by atoms with Crippen LogP contribution >= 0.6 is 11.3 Å². The Morgan fingerprint density at radius 3 is 3.00 bits per heavy atom. The van der Waals surface area contributed by atoms with E-state index in [1.54, 1.807) is 11.3 Å². The molecule has 0 amide bonds. The third-order valence-corrected chi connectivity index (χ3v) is 4.21. The molecule has 0 atom stereocenters. The molecule has 1 aliphatic rings. The van der Waals surface area contributed by atoms with Gasteiger partial charge in [-0.2, -0.15) is 0 Å². The molecule has 1 aliphatic heterocycles. The van der Waals surface area contributed by atoms with Gasteiger partial charge in [-0.25, -0.2) is 0 Å². The van der Waals surface area contributed by atoms with Crippen LogP contribution in [-0.4, -0.2) is 6.61 Å². The lowest BCUT2D eigenvalue weighted by atomic mass is 10.0. The van der Waals surface area contributed by atoms with Crippen LogP contribution in [0.15, 0.2) is 30.3 Å². The van der Waals surface area contributed by atoms with Gasteiger partial charge in [-0.05, 0) is 54.3 Å². The van der Waals surface area contributed by atoms with Crippen molar-refractivity contribution >= 4 is 11.3 Å². The molecular weight excluding hydrogens is 230 g/mol. The minimum atomic E-state index is 0.624. The number of fused-ring (bicyclic) bond motifs is 1. The van der Waals surface area contributed by atoms with Crippen molar-refractivity contribution in [2.45, 2.75) is 19.4 Å². The van der Waals surface area contributed by atoms with Gasteiger partial charge in [0, 0.05) is 16.3 Å². The van der Waals surface area contributed by atoms with E-state index >= 15 is 0 Å². The first kappa shape index (κ1) is 10.8. The van der Waals surface area contributed by atoms with Crippen LogP contribution in [-0.2, 0) is 13.0 Å². The number of aryl methyl sites for hydroxylation is 1. The van der Waals surface area contributed by atoms with Gasteiger partial charge in [-0.15, -0.1) is 11.3 Å². The third-order valence-electron chi connectivity index (χ3n) is 3.06. The molecule has 0 saturated heterocycles. The number of rotatable bonds is 2. The van der Waals surface area contributed by atoms with Gasteiger partial charge in [0.15, 0.2) is 0 Å². The summed E-state index contributed by atoms with van der Waals surface area (Å²) < 4.78 is 5.62. The van der Waals surface area contributed by atoms with Crippen LogP contribution in [0.1, 0.15) is 16.9 Å². The predicted octanol–water partition coefficient (Wildman–Crippen LogP) is 3.20. The van der Waals surface area contributed by atoms with Crippen molar-refractivity contribution in [2.75, 3.05) is 6.61 Å². The average molecular weight is 245 g/mol. The maximum absolute atomic E-state index is 5.64. The van der Waals surface area contributed by atoms with Crippen LogP contribution in [0.25, 0.3) is 10.4 Å². The van der Waals surface area contributed by atoms with Crippen molar-refractivity contribution in [2.24, 2.45) is 5.73 Å². The molecule has 3 rings (SSSR count). The number of hydrogen-bond donors (Lipinski definition) is 1. The SMILES string of the molecule is NCc1ccc(-c2ccc3c(c2)CCCO3)s1. The molecule has 0 radical (unpaired) electrons. The minimum absolute atomic E-state index is 0.624. The highest BCUT2D eigenvalue weighted by Crippen LogP contribution is 2.33. The molecule has 0 aliphatic carbocycles. The molecule has 0 saturated carbocycles. The second kappa shape index (κ2) is 4.51. The smallest absolute Gasteiger partial charge is 0.122 e. The van der Waals surface area contributed by atoms with Crippen molar-refractivity contribution in [1.82, 2.24) is 0 Å². The maximum atomic E-state index is 5.64. The molecule has 1 aromatic heterocycles. The van der Waals surface area contributed by atoms with Gasteiger partial charge < -0.3 is 10.5 Å². The minimum Gasteiger partial charge on any atom is -0.493 e. The van der Waals surface area contributed by atoms with Gasteiger partial charge in [0.25, 0.3) is 0 Å². The lowest BCUT2D eigenvalue weighted by Gasteiger charge is -2.17. The van der Waals surface area contributed by atoms with E-state index in [1.807, 2.05) is 0 Å². The highest BCUT2D eigenvalue weighted by atomic mass is 32.1. The van der Waals surface area contributed by atoms with E-state index in [1.165, 1.54) is 20.9 Å². The lowest BCUT2D eigenvalue weighted by molar-refractivity contribution is 0.288. The molecular formula is C14H15NOS. The fraction of sp³-hybridized carbons (Fsp3) is 0.286. The number of thiophene rings is 1. The molecule has 2 heterocycles. The standard InChI is InChI=1S/C14H15NOS/c15-9-12-4-6-14(17-12)11-3-5-13-10(8-11)2-1-7-16-13/h3-6,8H,1-2,7,9,15H2. The first-order chi connectivity index (χ1) is 8.36. The topological polar surface area (TPSA) is 35.2 Å². The predicted molar refractivity (Wildman–Crippen MR) is 71.5 cm³/mol. The summed E-state index contributed by atoms with van der Waals surface area (Å²) in [5.74, 6) is 1.05. The Balaban J connectivity index is 1.97. The average Bonchev–Trinajstić information content (AvgIpc) is 2.87. The van der Waals surface area contributed by atoms with Gasteiger partial charge in [0.05, 0.1) is 6.61 Å². The summed E-state index contributed by atoms with van der Waals surface area (Å²) in [5, 5.41) is 0. The molecule has 88 valence electrons. The zero-order chi connectivity index (χ0) is 11.7. The lowest BCUT2D eigenvalue weighted by Crippen LogP contribution is -2.07. The van der Waals surface area contributed by atoms with Crippen molar-refractivity contribution in [3.8, 4) is 16.2 Å². The van der Waals surface area contributed by atoms with Crippen molar-refractivity contribution in [1.29, 1.82) is 0 Å². The summed E-state index contributed by atoms with van der Waals surface area (Å²) in [7, 11) is 0. The summed E-state index contributed by atoms with van der Waals surface area (Å²) in [6, 6.07) is 10.7. The normalized spacial score (nSPS) is 14.2. The van der Waals surface area contributed by atoms with E-state index in [0.717, 1.165) is 25.2 Å². The molecule has 2 nitrogen and oxygen atoms in total. The number of ether oxygens (including phenoxy) is 1. The van der Waals surface area contributed by atoms with Crippen LogP contribution in [0.5, 0.6) is 5.75 Å². The zero-order valence-electron chi connectivity index (χ0n) is 9.61. The van der Waals surface area contributed by atoms with Crippen LogP contribution in [0.2, 0.25) is 0 Å². The Hall–Kier alpha value is -1.32. The fourth-order valence-corrected chi connectivity index (χ4v) is 3.04. The van der Waals surface area contributed by atoms with Gasteiger partial charge in [0.1, 0.15) is 5.75 Å². The summed E-state index contributed by atoms with van der Waals surface area (Å²) in [4.78, 5) is 2.52. The second-order valence-electron chi connectivity index (χ2n) is 4.24. The summed E-state index contributed by atoms with van der Waals surface area (Å²) >= 11 is 1.77. The highest BCUT2D eigenvalue weighted by molar-refractivity contribution is 7.15. The molecule has 2 N–H and O–H groups in total. The zero-order valence-corrected chi connectivity index (χ0v) is 10.4. The van der Waals surface area contributed by atoms with Crippen molar-refractivity contribution in [3.05, 3.63) is 40.8 Å². The van der Waals surface area contributed by atoms with E-state index in [2.05, 4.69) is 30.3 Å². The molecule has 17 heavy (non-hydrogen) atoms. The van der Waals surface area contributed by atoms with Crippen molar-refractivity contribution < 1.29 is 4.74 Å². The van der Waals surface area contributed by atoms with Gasteiger partial charge >= 0.3 is 0 Å².